The van der Waals surface area contributed by atoms with Crippen LogP contribution in [-0.4, -0.2) is 50.0 Å². The zero-order valence-electron chi connectivity index (χ0n) is 20.4. The van der Waals surface area contributed by atoms with Gasteiger partial charge in [0.05, 0.1) is 23.7 Å². The van der Waals surface area contributed by atoms with Crippen molar-refractivity contribution in [3.63, 3.8) is 0 Å². The van der Waals surface area contributed by atoms with Crippen molar-refractivity contribution in [1.82, 2.24) is 4.57 Å². The van der Waals surface area contributed by atoms with Gasteiger partial charge in [-0.2, -0.15) is 0 Å². The summed E-state index contributed by atoms with van der Waals surface area (Å²) in [7, 11) is -0.307. The summed E-state index contributed by atoms with van der Waals surface area (Å²) in [6.45, 7) is 6.17. The van der Waals surface area contributed by atoms with Gasteiger partial charge in [0.2, 0.25) is 5.43 Å². The van der Waals surface area contributed by atoms with Crippen LogP contribution in [0, 0.1) is 5.92 Å². The van der Waals surface area contributed by atoms with E-state index in [1.54, 1.807) is 13.2 Å². The number of fused-ring (bicyclic) bond motifs is 1. The van der Waals surface area contributed by atoms with Crippen LogP contribution in [0.4, 0.5) is 5.69 Å². The van der Waals surface area contributed by atoms with E-state index in [0.29, 0.717) is 22.6 Å². The maximum atomic E-state index is 13.4. The zero-order chi connectivity index (χ0) is 25.3. The van der Waals surface area contributed by atoms with E-state index in [9.17, 15) is 19.2 Å². The molecule has 1 aliphatic carbocycles. The molecule has 11 heteroatoms. The second-order valence-corrected chi connectivity index (χ2v) is 9.13. The van der Waals surface area contributed by atoms with Gasteiger partial charge in [0, 0.05) is 39.2 Å². The number of hydrogen-bond acceptors (Lipinski definition) is 9. The number of methoxy groups -OCH3 is 1. The maximum Gasteiger partial charge on any atom is 0.870 e. The number of pyridine rings is 1. The van der Waals surface area contributed by atoms with Gasteiger partial charge in [0.15, 0.2) is 5.75 Å². The number of ether oxygens (including phenoxy) is 1. The first kappa shape index (κ1) is 24.6. The van der Waals surface area contributed by atoms with E-state index in [-0.39, 0.29) is 11.6 Å². The Kier molecular flexibility index (Phi) is 7.04. The maximum absolute atomic E-state index is 13.4. The largest absolute Gasteiger partial charge is 0.870 e. The quantitative estimate of drug-likeness (QED) is 0.548. The molecule has 0 radical (unpaired) electrons. The lowest BCUT2D eigenvalue weighted by Crippen LogP contribution is -2.35. The first-order valence-corrected chi connectivity index (χ1v) is 11.8. The SMILES string of the molecule is COc1c(N2CCCC(C)C2)ccc2c(=O)c(C(=O)OB(OC(C)=O)OC(C)=O)cn(C3CC3)c12. The van der Waals surface area contributed by atoms with Gasteiger partial charge in [0.1, 0.15) is 5.56 Å². The van der Waals surface area contributed by atoms with Gasteiger partial charge >= 0.3 is 13.3 Å². The number of carbonyl (C=O) groups excluding carboxylic acids is 3. The minimum Gasteiger partial charge on any atom is -0.492 e. The van der Waals surface area contributed by atoms with Crippen LogP contribution >= 0.6 is 0 Å². The van der Waals surface area contributed by atoms with Crippen molar-refractivity contribution in [3.05, 3.63) is 34.1 Å². The highest BCUT2D eigenvalue weighted by Gasteiger charge is 2.37. The molecule has 2 heterocycles. The number of rotatable bonds is 7. The Morgan fingerprint density at radius 3 is 2.29 bits per heavy atom. The highest BCUT2D eigenvalue weighted by Crippen LogP contribution is 2.43. The van der Waals surface area contributed by atoms with Gasteiger partial charge in [-0.25, -0.2) is 4.79 Å². The summed E-state index contributed by atoms with van der Waals surface area (Å²) >= 11 is 0. The summed E-state index contributed by atoms with van der Waals surface area (Å²) in [4.78, 5) is 51.2. The Morgan fingerprint density at radius 1 is 1.03 bits per heavy atom. The van der Waals surface area contributed by atoms with E-state index < -0.39 is 30.7 Å². The third-order valence-corrected chi connectivity index (χ3v) is 6.22. The molecule has 2 aliphatic rings. The Bertz CT molecular complexity index is 1210. The lowest BCUT2D eigenvalue weighted by Gasteiger charge is -2.34. The highest BCUT2D eigenvalue weighted by molar-refractivity contribution is 6.44. The number of aromatic nitrogens is 1. The molecular weight excluding hydrogens is 455 g/mol. The van der Waals surface area contributed by atoms with Gasteiger partial charge in [-0.3, -0.25) is 14.4 Å². The van der Waals surface area contributed by atoms with E-state index in [2.05, 4.69) is 11.8 Å². The fraction of sp³-hybridized carbons (Fsp3) is 0.500. The average molecular weight is 484 g/mol. The minimum absolute atomic E-state index is 0.104. The van der Waals surface area contributed by atoms with Crippen molar-refractivity contribution in [3.8, 4) is 5.75 Å². The van der Waals surface area contributed by atoms with Gasteiger partial charge in [-0.15, -0.1) is 0 Å². The normalized spacial score (nSPS) is 17.6. The van der Waals surface area contributed by atoms with Crippen molar-refractivity contribution in [2.24, 2.45) is 5.92 Å². The zero-order valence-corrected chi connectivity index (χ0v) is 20.4. The first-order chi connectivity index (χ1) is 16.7. The minimum atomic E-state index is -1.89. The van der Waals surface area contributed by atoms with Crippen LogP contribution in [0.3, 0.4) is 0 Å². The average Bonchev–Trinajstić information content (AvgIpc) is 3.63. The molecular formula is C24H29BN2O8. The third-order valence-electron chi connectivity index (χ3n) is 6.22. The molecule has 10 nitrogen and oxygen atoms in total. The molecule has 0 bridgehead atoms. The van der Waals surface area contributed by atoms with E-state index in [0.717, 1.165) is 51.9 Å². The fourth-order valence-corrected chi connectivity index (χ4v) is 4.55. The molecule has 0 amide bonds. The summed E-state index contributed by atoms with van der Waals surface area (Å²) in [5.74, 6) is -1.55. The van der Waals surface area contributed by atoms with Crippen LogP contribution in [0.2, 0.25) is 0 Å². The molecule has 0 spiro atoms. The smallest absolute Gasteiger partial charge is 0.492 e. The molecule has 2 fully saturated rings. The van der Waals surface area contributed by atoms with Crippen LogP contribution in [0.15, 0.2) is 23.1 Å². The Labute approximate surface area is 203 Å². The van der Waals surface area contributed by atoms with E-state index in [1.807, 2.05) is 10.6 Å². The predicted octanol–water partition coefficient (Wildman–Crippen LogP) is 2.85. The molecule has 2 aromatic rings. The van der Waals surface area contributed by atoms with Crippen LogP contribution in [0.1, 0.15) is 62.9 Å². The summed E-state index contributed by atoms with van der Waals surface area (Å²) in [6, 6.07) is 3.67. The van der Waals surface area contributed by atoms with Gasteiger partial charge < -0.3 is 28.2 Å². The summed E-state index contributed by atoms with van der Waals surface area (Å²) in [5.41, 5.74) is 0.738. The third kappa shape index (κ3) is 5.28. The van der Waals surface area contributed by atoms with E-state index in [1.165, 1.54) is 12.6 Å². The second kappa shape index (κ2) is 10.0. The molecule has 1 aromatic carbocycles. The van der Waals surface area contributed by atoms with E-state index in [4.69, 9.17) is 18.7 Å². The Morgan fingerprint density at radius 2 is 1.71 bits per heavy atom. The van der Waals surface area contributed by atoms with Crippen molar-refractivity contribution in [1.29, 1.82) is 0 Å². The molecule has 1 aromatic heterocycles. The van der Waals surface area contributed by atoms with Crippen molar-refractivity contribution in [2.45, 2.75) is 52.5 Å². The topological polar surface area (TPSA) is 113 Å². The summed E-state index contributed by atoms with van der Waals surface area (Å²) < 4.78 is 22.3. The molecule has 4 rings (SSSR count). The highest BCUT2D eigenvalue weighted by atomic mass is 16.8. The molecule has 1 saturated heterocycles. The van der Waals surface area contributed by atoms with Crippen molar-refractivity contribution >= 4 is 41.8 Å². The summed E-state index contributed by atoms with van der Waals surface area (Å²) in [6.07, 6.45) is 5.49. The predicted molar refractivity (Wildman–Crippen MR) is 128 cm³/mol. The molecule has 1 saturated carbocycles. The van der Waals surface area contributed by atoms with Crippen molar-refractivity contribution < 1.29 is 33.1 Å². The number of benzene rings is 1. The fourth-order valence-electron chi connectivity index (χ4n) is 4.55. The van der Waals surface area contributed by atoms with Crippen LogP contribution < -0.4 is 15.1 Å². The van der Waals surface area contributed by atoms with Crippen molar-refractivity contribution in [2.75, 3.05) is 25.1 Å². The molecule has 1 atom stereocenters. The first-order valence-electron chi connectivity index (χ1n) is 11.8. The lowest BCUT2D eigenvalue weighted by atomic mass is 9.99. The van der Waals surface area contributed by atoms with Gasteiger partial charge in [-0.05, 0) is 43.7 Å². The number of carbonyl (C=O) groups is 3. The molecule has 1 unspecified atom stereocenters. The van der Waals surface area contributed by atoms with Gasteiger partial charge in [-0.1, -0.05) is 6.92 Å². The number of hydrogen-bond donors (Lipinski definition) is 0. The van der Waals surface area contributed by atoms with Crippen LogP contribution in [-0.2, 0) is 23.6 Å². The molecule has 186 valence electrons. The Hall–Kier alpha value is -3.50. The summed E-state index contributed by atoms with van der Waals surface area (Å²) in [5, 5.41) is 0.313. The standard InChI is InChI=1S/C24H29BN2O8/c1-14-6-5-11-26(12-14)20-10-9-18-21(23(20)32-4)27(17-7-8-17)13-19(22(18)30)24(31)35-25(33-15(2)28)34-16(3)29/h9-10,13-14,17H,5-8,11-12H2,1-4H3. The molecule has 1 aliphatic heterocycles. The number of anilines is 1. The lowest BCUT2D eigenvalue weighted by molar-refractivity contribution is -0.139. The van der Waals surface area contributed by atoms with Gasteiger partial charge in [0.25, 0.3) is 11.9 Å². The number of nitrogens with zero attached hydrogens (tertiary/aromatic N) is 2. The number of piperidine rings is 1. The Balaban J connectivity index is 1.78. The molecule has 0 N–H and O–H groups in total. The van der Waals surface area contributed by atoms with Crippen LogP contribution in [0.5, 0.6) is 5.75 Å². The monoisotopic (exact) mass is 484 g/mol. The van der Waals surface area contributed by atoms with Crippen LogP contribution in [0.25, 0.3) is 10.9 Å². The van der Waals surface area contributed by atoms with E-state index >= 15 is 0 Å². The molecule has 35 heavy (non-hydrogen) atoms. The second-order valence-electron chi connectivity index (χ2n) is 9.13.